The molecule has 33 heavy (non-hydrogen) atoms. The molecule has 0 saturated carbocycles. The number of hydrogen-bond acceptors (Lipinski definition) is 1. The molecule has 0 saturated heterocycles. The van der Waals surface area contributed by atoms with Gasteiger partial charge in [0, 0.05) is 5.70 Å². The van der Waals surface area contributed by atoms with Crippen LogP contribution in [-0.2, 0) is 12.8 Å². The SMILES string of the molecule is N/C(=C\Cc1ccccc1)c1ccc(-c2ccc3ccccc3c2Cc2ccccc2)cc1. The van der Waals surface area contributed by atoms with E-state index in [1.807, 2.05) is 6.07 Å². The lowest BCUT2D eigenvalue weighted by molar-refractivity contribution is 1.21. The summed E-state index contributed by atoms with van der Waals surface area (Å²) in [5.74, 6) is 0. The van der Waals surface area contributed by atoms with Crippen LogP contribution in [0.4, 0.5) is 0 Å². The van der Waals surface area contributed by atoms with E-state index in [9.17, 15) is 0 Å². The third-order valence-electron chi connectivity index (χ3n) is 6.19. The van der Waals surface area contributed by atoms with Crippen LogP contribution in [-0.4, -0.2) is 0 Å². The first-order valence-corrected chi connectivity index (χ1v) is 11.4. The van der Waals surface area contributed by atoms with E-state index in [2.05, 4.69) is 121 Å². The minimum Gasteiger partial charge on any atom is -0.398 e. The second kappa shape index (κ2) is 9.58. The summed E-state index contributed by atoms with van der Waals surface area (Å²) in [6.07, 6.45) is 3.83. The molecule has 1 heteroatoms. The van der Waals surface area contributed by atoms with Gasteiger partial charge in [-0.2, -0.15) is 0 Å². The van der Waals surface area contributed by atoms with Gasteiger partial charge in [-0.25, -0.2) is 0 Å². The largest absolute Gasteiger partial charge is 0.398 e. The van der Waals surface area contributed by atoms with Crippen molar-refractivity contribution in [2.75, 3.05) is 0 Å². The molecule has 160 valence electrons. The molecule has 0 radical (unpaired) electrons. The van der Waals surface area contributed by atoms with Crippen molar-refractivity contribution in [3.63, 3.8) is 0 Å². The predicted octanol–water partition coefficient (Wildman–Crippen LogP) is 7.64. The molecule has 0 heterocycles. The van der Waals surface area contributed by atoms with Gasteiger partial charge in [-0.15, -0.1) is 0 Å². The highest BCUT2D eigenvalue weighted by Gasteiger charge is 2.11. The average molecular weight is 426 g/mol. The summed E-state index contributed by atoms with van der Waals surface area (Å²) < 4.78 is 0. The zero-order chi connectivity index (χ0) is 22.5. The monoisotopic (exact) mass is 425 g/mol. The van der Waals surface area contributed by atoms with Crippen LogP contribution in [0.1, 0.15) is 22.3 Å². The van der Waals surface area contributed by atoms with Crippen LogP contribution in [0.15, 0.2) is 127 Å². The van der Waals surface area contributed by atoms with Gasteiger partial charge in [-0.05, 0) is 57.0 Å². The maximum absolute atomic E-state index is 6.40. The Labute approximate surface area is 195 Å². The van der Waals surface area contributed by atoms with Crippen LogP contribution in [0.2, 0.25) is 0 Å². The van der Waals surface area contributed by atoms with Crippen LogP contribution >= 0.6 is 0 Å². The van der Waals surface area contributed by atoms with Crippen LogP contribution in [0, 0.1) is 0 Å². The second-order valence-electron chi connectivity index (χ2n) is 8.40. The van der Waals surface area contributed by atoms with Gasteiger partial charge in [-0.1, -0.05) is 127 Å². The second-order valence-corrected chi connectivity index (χ2v) is 8.40. The van der Waals surface area contributed by atoms with Gasteiger partial charge < -0.3 is 5.73 Å². The van der Waals surface area contributed by atoms with Crippen molar-refractivity contribution in [2.45, 2.75) is 12.8 Å². The standard InChI is InChI=1S/C32H27N/c33-32(22-15-24-9-3-1-4-10-24)28-18-16-27(17-19-28)30-21-20-26-13-7-8-14-29(26)31(30)23-25-11-5-2-6-12-25/h1-14,16-22H,15,23,33H2/b32-22-. The fourth-order valence-corrected chi connectivity index (χ4v) is 4.40. The van der Waals surface area contributed by atoms with Crippen molar-refractivity contribution in [3.8, 4) is 11.1 Å². The number of fused-ring (bicyclic) bond motifs is 1. The third-order valence-corrected chi connectivity index (χ3v) is 6.19. The lowest BCUT2D eigenvalue weighted by atomic mass is 9.90. The number of benzene rings is 5. The number of allylic oxidation sites excluding steroid dienone is 1. The quantitative estimate of drug-likeness (QED) is 0.297. The molecule has 5 aromatic carbocycles. The topological polar surface area (TPSA) is 26.0 Å². The minimum absolute atomic E-state index is 0.813. The Morgan fingerprint density at radius 2 is 1.24 bits per heavy atom. The van der Waals surface area contributed by atoms with Gasteiger partial charge in [0.15, 0.2) is 0 Å². The molecule has 0 spiro atoms. The minimum atomic E-state index is 0.813. The lowest BCUT2D eigenvalue weighted by Gasteiger charge is -2.15. The molecular formula is C32H27N. The summed E-state index contributed by atoms with van der Waals surface area (Å²) in [7, 11) is 0. The number of nitrogens with two attached hydrogens (primary N) is 1. The van der Waals surface area contributed by atoms with Crippen LogP contribution < -0.4 is 5.73 Å². The van der Waals surface area contributed by atoms with Crippen molar-refractivity contribution in [1.82, 2.24) is 0 Å². The van der Waals surface area contributed by atoms with E-state index in [1.165, 1.54) is 38.6 Å². The van der Waals surface area contributed by atoms with Crippen LogP contribution in [0.3, 0.4) is 0 Å². The Balaban J connectivity index is 1.48. The smallest absolute Gasteiger partial charge is 0.0350 e. The highest BCUT2D eigenvalue weighted by molar-refractivity contribution is 5.92. The molecule has 5 aromatic rings. The highest BCUT2D eigenvalue weighted by Crippen LogP contribution is 2.32. The highest BCUT2D eigenvalue weighted by atomic mass is 14.6. The van der Waals surface area contributed by atoms with Crippen molar-refractivity contribution < 1.29 is 0 Å². The molecule has 5 rings (SSSR count). The molecule has 0 fully saturated rings. The Hall–Kier alpha value is -4.10. The first-order valence-electron chi connectivity index (χ1n) is 11.4. The molecule has 2 N–H and O–H groups in total. The lowest BCUT2D eigenvalue weighted by Crippen LogP contribution is -1.98. The molecule has 0 aliphatic rings. The van der Waals surface area contributed by atoms with E-state index in [4.69, 9.17) is 5.73 Å². The molecule has 0 amide bonds. The first-order chi connectivity index (χ1) is 16.3. The molecule has 0 aliphatic carbocycles. The Morgan fingerprint density at radius 1 is 0.606 bits per heavy atom. The van der Waals surface area contributed by atoms with E-state index in [1.54, 1.807) is 0 Å². The van der Waals surface area contributed by atoms with Gasteiger partial charge in [0.05, 0.1) is 0 Å². The first kappa shape index (κ1) is 20.8. The summed E-state index contributed by atoms with van der Waals surface area (Å²) in [4.78, 5) is 0. The molecule has 0 aliphatic heterocycles. The maximum atomic E-state index is 6.40. The van der Waals surface area contributed by atoms with E-state index >= 15 is 0 Å². The predicted molar refractivity (Wildman–Crippen MR) is 141 cm³/mol. The average Bonchev–Trinajstić information content (AvgIpc) is 2.89. The number of hydrogen-bond donors (Lipinski definition) is 1. The molecule has 1 nitrogen and oxygen atoms in total. The van der Waals surface area contributed by atoms with E-state index < -0.39 is 0 Å². The van der Waals surface area contributed by atoms with Gasteiger partial charge >= 0.3 is 0 Å². The fraction of sp³-hybridized carbons (Fsp3) is 0.0625. The summed E-state index contributed by atoms with van der Waals surface area (Å²) in [5, 5.41) is 2.59. The maximum Gasteiger partial charge on any atom is 0.0350 e. The fourth-order valence-electron chi connectivity index (χ4n) is 4.40. The van der Waals surface area contributed by atoms with E-state index in [0.29, 0.717) is 0 Å². The van der Waals surface area contributed by atoms with Gasteiger partial charge in [-0.3, -0.25) is 0 Å². The molecule has 0 bridgehead atoms. The van der Waals surface area contributed by atoms with Crippen LogP contribution in [0.5, 0.6) is 0 Å². The third kappa shape index (κ3) is 4.73. The van der Waals surface area contributed by atoms with Crippen molar-refractivity contribution >= 4 is 16.5 Å². The summed E-state index contributed by atoms with van der Waals surface area (Å²) in [6.45, 7) is 0. The summed E-state index contributed by atoms with van der Waals surface area (Å²) >= 11 is 0. The van der Waals surface area contributed by atoms with Gasteiger partial charge in [0.1, 0.15) is 0 Å². The van der Waals surface area contributed by atoms with Gasteiger partial charge in [0.2, 0.25) is 0 Å². The van der Waals surface area contributed by atoms with E-state index in [0.717, 1.165) is 24.1 Å². The molecule has 0 aromatic heterocycles. The summed E-state index contributed by atoms with van der Waals surface area (Å²) in [6, 6.07) is 42.9. The van der Waals surface area contributed by atoms with Crippen molar-refractivity contribution in [3.05, 3.63) is 150 Å². The van der Waals surface area contributed by atoms with Crippen molar-refractivity contribution in [2.24, 2.45) is 5.73 Å². The van der Waals surface area contributed by atoms with Gasteiger partial charge in [0.25, 0.3) is 0 Å². The number of rotatable bonds is 6. The van der Waals surface area contributed by atoms with Crippen LogP contribution in [0.25, 0.3) is 27.6 Å². The Kier molecular flexibility index (Phi) is 6.04. The van der Waals surface area contributed by atoms with Crippen molar-refractivity contribution in [1.29, 1.82) is 0 Å². The molecule has 0 atom stereocenters. The Morgan fingerprint density at radius 3 is 1.97 bits per heavy atom. The zero-order valence-corrected chi connectivity index (χ0v) is 18.6. The summed E-state index contributed by atoms with van der Waals surface area (Å²) in [5.41, 5.74) is 14.7. The molecule has 0 unspecified atom stereocenters. The Bertz CT molecular complexity index is 1380. The normalized spacial score (nSPS) is 11.6. The van der Waals surface area contributed by atoms with E-state index in [-0.39, 0.29) is 0 Å². The zero-order valence-electron chi connectivity index (χ0n) is 18.6. The molecular weight excluding hydrogens is 398 g/mol.